The van der Waals surface area contributed by atoms with Gasteiger partial charge in [0.2, 0.25) is 11.8 Å². The third-order valence-corrected chi connectivity index (χ3v) is 3.44. The third-order valence-electron chi connectivity index (χ3n) is 2.86. The molecule has 1 aromatic heterocycles. The Hall–Kier alpha value is -2.04. The first kappa shape index (κ1) is 13.9. The highest BCUT2D eigenvalue weighted by molar-refractivity contribution is 6.33. The van der Waals surface area contributed by atoms with Crippen LogP contribution >= 0.6 is 23.2 Å². The first-order valence-electron chi connectivity index (χ1n) is 6.29. The zero-order chi connectivity index (χ0) is 14.7. The normalized spacial score (nSPS) is 10.6. The highest BCUT2D eigenvalue weighted by Crippen LogP contribution is 2.26. The van der Waals surface area contributed by atoms with Crippen molar-refractivity contribution in [2.75, 3.05) is 5.32 Å². The van der Waals surface area contributed by atoms with Gasteiger partial charge in [0.05, 0.1) is 17.1 Å². The molecular weight excluding hydrogens is 309 g/mol. The van der Waals surface area contributed by atoms with E-state index in [1.54, 1.807) is 6.07 Å². The van der Waals surface area contributed by atoms with Crippen molar-refractivity contribution in [3.05, 3.63) is 64.5 Å². The molecule has 3 aromatic rings. The summed E-state index contributed by atoms with van der Waals surface area (Å²) in [5.74, 6) is 0.897. The van der Waals surface area contributed by atoms with Gasteiger partial charge in [-0.2, -0.15) is 0 Å². The molecule has 0 atom stereocenters. The van der Waals surface area contributed by atoms with E-state index in [-0.39, 0.29) is 0 Å². The number of benzene rings is 2. The van der Waals surface area contributed by atoms with Gasteiger partial charge in [0, 0.05) is 10.7 Å². The number of aromatic nitrogens is 2. The van der Waals surface area contributed by atoms with Crippen molar-refractivity contribution in [3.63, 3.8) is 0 Å². The standard InChI is InChI=1S/C15H11Cl2N3O/c16-10-5-7-11(8-6-10)18-9-14-19-20-15(21-14)12-3-1-2-4-13(12)17/h1-8,18H,9H2. The Morgan fingerprint density at radius 3 is 2.48 bits per heavy atom. The number of hydrogen-bond acceptors (Lipinski definition) is 4. The summed E-state index contributed by atoms with van der Waals surface area (Å²) in [5, 5.41) is 12.5. The van der Waals surface area contributed by atoms with Crippen LogP contribution in [0.1, 0.15) is 5.89 Å². The monoisotopic (exact) mass is 319 g/mol. The minimum atomic E-state index is 0.411. The van der Waals surface area contributed by atoms with Crippen molar-refractivity contribution >= 4 is 28.9 Å². The maximum atomic E-state index is 6.10. The molecule has 0 unspecified atom stereocenters. The first-order valence-corrected chi connectivity index (χ1v) is 7.05. The zero-order valence-corrected chi connectivity index (χ0v) is 12.4. The molecule has 21 heavy (non-hydrogen) atoms. The van der Waals surface area contributed by atoms with Gasteiger partial charge >= 0.3 is 0 Å². The lowest BCUT2D eigenvalue weighted by atomic mass is 10.2. The number of nitrogens with zero attached hydrogens (tertiary/aromatic N) is 2. The molecule has 0 spiro atoms. The van der Waals surface area contributed by atoms with Crippen molar-refractivity contribution in [3.8, 4) is 11.5 Å². The maximum Gasteiger partial charge on any atom is 0.249 e. The number of hydrogen-bond donors (Lipinski definition) is 1. The topological polar surface area (TPSA) is 51.0 Å². The van der Waals surface area contributed by atoms with Crippen molar-refractivity contribution in [2.45, 2.75) is 6.54 Å². The summed E-state index contributed by atoms with van der Waals surface area (Å²) in [6.07, 6.45) is 0. The molecule has 6 heteroatoms. The summed E-state index contributed by atoms with van der Waals surface area (Å²) in [7, 11) is 0. The van der Waals surface area contributed by atoms with Crippen LogP contribution < -0.4 is 5.32 Å². The molecule has 0 bridgehead atoms. The first-order chi connectivity index (χ1) is 10.2. The fourth-order valence-electron chi connectivity index (χ4n) is 1.81. The predicted molar refractivity (Wildman–Crippen MR) is 83.5 cm³/mol. The minimum Gasteiger partial charge on any atom is -0.419 e. The van der Waals surface area contributed by atoms with Gasteiger partial charge in [0.25, 0.3) is 0 Å². The smallest absolute Gasteiger partial charge is 0.249 e. The van der Waals surface area contributed by atoms with Crippen molar-refractivity contribution in [2.24, 2.45) is 0 Å². The molecule has 0 aliphatic carbocycles. The fourth-order valence-corrected chi connectivity index (χ4v) is 2.16. The van der Waals surface area contributed by atoms with Crippen LogP contribution in [0.3, 0.4) is 0 Å². The summed E-state index contributed by atoms with van der Waals surface area (Å²) >= 11 is 11.9. The molecule has 2 aromatic carbocycles. The lowest BCUT2D eigenvalue weighted by Gasteiger charge is -2.02. The summed E-state index contributed by atoms with van der Waals surface area (Å²) in [4.78, 5) is 0. The second-order valence-electron chi connectivity index (χ2n) is 4.34. The van der Waals surface area contributed by atoms with E-state index < -0.39 is 0 Å². The molecule has 0 aliphatic rings. The average Bonchev–Trinajstić information content (AvgIpc) is 2.96. The van der Waals surface area contributed by atoms with E-state index in [1.165, 1.54) is 0 Å². The molecule has 4 nitrogen and oxygen atoms in total. The van der Waals surface area contributed by atoms with E-state index in [0.29, 0.717) is 28.4 Å². The molecule has 1 N–H and O–H groups in total. The second kappa shape index (κ2) is 6.16. The Kier molecular flexibility index (Phi) is 4.08. The summed E-state index contributed by atoms with van der Waals surface area (Å²) in [6.45, 7) is 0.430. The Morgan fingerprint density at radius 1 is 0.952 bits per heavy atom. The van der Waals surface area contributed by atoms with Crippen LogP contribution in [0.2, 0.25) is 10.0 Å². The maximum absolute atomic E-state index is 6.10. The predicted octanol–water partition coefficient (Wildman–Crippen LogP) is 4.66. The van der Waals surface area contributed by atoms with Crippen LogP contribution in [0.25, 0.3) is 11.5 Å². The van der Waals surface area contributed by atoms with Gasteiger partial charge in [-0.15, -0.1) is 10.2 Å². The number of halogens is 2. The number of nitrogens with one attached hydrogen (secondary N) is 1. The van der Waals surface area contributed by atoms with Crippen LogP contribution in [0.5, 0.6) is 0 Å². The van der Waals surface area contributed by atoms with E-state index >= 15 is 0 Å². The lowest BCUT2D eigenvalue weighted by molar-refractivity contribution is 0.515. The molecule has 0 amide bonds. The number of anilines is 1. The van der Waals surface area contributed by atoms with Crippen molar-refractivity contribution < 1.29 is 4.42 Å². The highest BCUT2D eigenvalue weighted by atomic mass is 35.5. The highest BCUT2D eigenvalue weighted by Gasteiger charge is 2.11. The van der Waals surface area contributed by atoms with Crippen LogP contribution in [-0.2, 0) is 6.54 Å². The van der Waals surface area contributed by atoms with E-state index in [0.717, 1.165) is 11.3 Å². The Labute approximate surface area is 131 Å². The largest absolute Gasteiger partial charge is 0.419 e. The molecular formula is C15H11Cl2N3O. The summed E-state index contributed by atoms with van der Waals surface area (Å²) in [5.41, 5.74) is 1.65. The minimum absolute atomic E-state index is 0.411. The van der Waals surface area contributed by atoms with Gasteiger partial charge in [-0.3, -0.25) is 0 Å². The fraction of sp³-hybridized carbons (Fsp3) is 0.0667. The van der Waals surface area contributed by atoms with Crippen molar-refractivity contribution in [1.29, 1.82) is 0 Å². The lowest BCUT2D eigenvalue weighted by Crippen LogP contribution is -1.99. The van der Waals surface area contributed by atoms with Gasteiger partial charge in [0.1, 0.15) is 0 Å². The van der Waals surface area contributed by atoms with Crippen LogP contribution in [0.4, 0.5) is 5.69 Å². The molecule has 0 fully saturated rings. The van der Waals surface area contributed by atoms with Crippen molar-refractivity contribution in [1.82, 2.24) is 10.2 Å². The molecule has 3 rings (SSSR count). The molecule has 0 aliphatic heterocycles. The zero-order valence-electron chi connectivity index (χ0n) is 10.9. The quantitative estimate of drug-likeness (QED) is 0.760. The molecule has 0 saturated carbocycles. The second-order valence-corrected chi connectivity index (χ2v) is 5.18. The van der Waals surface area contributed by atoms with Gasteiger partial charge in [-0.1, -0.05) is 35.3 Å². The van der Waals surface area contributed by atoms with E-state index in [9.17, 15) is 0 Å². The molecule has 106 valence electrons. The Morgan fingerprint density at radius 2 is 1.71 bits per heavy atom. The van der Waals surface area contributed by atoms with Crippen LogP contribution in [-0.4, -0.2) is 10.2 Å². The van der Waals surface area contributed by atoms with Gasteiger partial charge < -0.3 is 9.73 Å². The molecule has 0 saturated heterocycles. The van der Waals surface area contributed by atoms with E-state index in [4.69, 9.17) is 27.6 Å². The summed E-state index contributed by atoms with van der Waals surface area (Å²) in [6, 6.07) is 14.7. The van der Waals surface area contributed by atoms with Gasteiger partial charge in [0.15, 0.2) is 0 Å². The molecule has 1 heterocycles. The van der Waals surface area contributed by atoms with E-state index in [2.05, 4.69) is 15.5 Å². The van der Waals surface area contributed by atoms with Crippen LogP contribution in [0, 0.1) is 0 Å². The summed E-state index contributed by atoms with van der Waals surface area (Å²) < 4.78 is 5.60. The third kappa shape index (κ3) is 3.35. The average molecular weight is 320 g/mol. The van der Waals surface area contributed by atoms with E-state index in [1.807, 2.05) is 42.5 Å². The van der Waals surface area contributed by atoms with Gasteiger partial charge in [-0.25, -0.2) is 0 Å². The molecule has 0 radical (unpaired) electrons. The Balaban J connectivity index is 1.71. The SMILES string of the molecule is Clc1ccc(NCc2nnc(-c3ccccc3Cl)o2)cc1. The Bertz CT molecular complexity index is 741. The number of rotatable bonds is 4. The van der Waals surface area contributed by atoms with Gasteiger partial charge in [-0.05, 0) is 36.4 Å². The van der Waals surface area contributed by atoms with Crippen LogP contribution in [0.15, 0.2) is 52.9 Å².